The molecule has 0 unspecified atom stereocenters. The quantitative estimate of drug-likeness (QED) is 0.368. The number of ether oxygens (including phenoxy) is 1. The molecule has 9 atom stereocenters. The molecular weight excluding hydrogens is 372 g/mol. The maximum Gasteiger partial charge on any atom is 0.237 e. The Morgan fingerprint density at radius 1 is 1.37 bits per heavy atom. The minimum absolute atomic E-state index is 0.0746. The normalized spacial score (nSPS) is 42.0. The van der Waals surface area contributed by atoms with Gasteiger partial charge in [0.15, 0.2) is 0 Å². The van der Waals surface area contributed by atoms with Gasteiger partial charge in [0.05, 0.1) is 18.2 Å². The molecule has 2 rings (SSSR count). The number of aliphatic hydroxyl groups is 4. The number of thioether (sulfide) groups is 1. The highest BCUT2D eigenvalue weighted by molar-refractivity contribution is 7.99. The molecule has 158 valence electrons. The molecule has 2 heterocycles. The average molecular weight is 410 g/mol. The molecule has 0 spiro atoms. The molecule has 2 fully saturated rings. The van der Waals surface area contributed by atoms with Gasteiger partial charge in [0.25, 0.3) is 0 Å². The maximum atomic E-state index is 13.0. The summed E-state index contributed by atoms with van der Waals surface area (Å²) in [6.45, 7) is 1.25. The van der Waals surface area contributed by atoms with Gasteiger partial charge in [0.2, 0.25) is 5.91 Å². The summed E-state index contributed by atoms with van der Waals surface area (Å²) in [5.74, 6) is -0.502. The standard InChI is InChI=1S/C18H34N2O6S/c1-5-6-10-7-11(20(3)8-10)17(25)19-12(9(2)21)16-14(23)13(22)15(24)18(26-16)27-4/h9-16,18,21-24H,5-8H2,1-4H3,(H,19,25)/t9-,10+,11-,12+,13-,14+,15+,16+,18+/m0/s1/i3D3. The second-order valence-corrected chi connectivity index (χ2v) is 8.45. The number of likely N-dealkylation sites (N-methyl/N-ethyl adjacent to an activating group) is 1. The molecule has 2 saturated heterocycles. The van der Waals surface area contributed by atoms with Crippen molar-refractivity contribution in [2.75, 3.05) is 19.8 Å². The Balaban J connectivity index is 2.20. The largest absolute Gasteiger partial charge is 0.391 e. The lowest BCUT2D eigenvalue weighted by Gasteiger charge is -2.44. The van der Waals surface area contributed by atoms with Crippen LogP contribution in [0.1, 0.15) is 37.2 Å². The number of nitrogens with one attached hydrogen (secondary N) is 1. The first kappa shape index (κ1) is 18.6. The van der Waals surface area contributed by atoms with E-state index in [1.54, 1.807) is 6.26 Å². The Morgan fingerprint density at radius 3 is 2.63 bits per heavy atom. The van der Waals surface area contributed by atoms with Gasteiger partial charge in [-0.2, -0.15) is 0 Å². The Bertz CT molecular complexity index is 583. The molecule has 0 aliphatic carbocycles. The average Bonchev–Trinajstić information content (AvgIpc) is 3.09. The Morgan fingerprint density at radius 2 is 2.07 bits per heavy atom. The third-order valence-electron chi connectivity index (χ3n) is 5.41. The fourth-order valence-electron chi connectivity index (χ4n) is 3.89. The summed E-state index contributed by atoms with van der Waals surface area (Å²) in [5, 5.41) is 43.5. The topological polar surface area (TPSA) is 122 Å². The molecule has 8 nitrogen and oxygen atoms in total. The lowest BCUT2D eigenvalue weighted by molar-refractivity contribution is -0.211. The summed E-state index contributed by atoms with van der Waals surface area (Å²) >= 11 is 1.13. The number of hydrogen-bond donors (Lipinski definition) is 5. The van der Waals surface area contributed by atoms with Crippen molar-refractivity contribution in [1.82, 2.24) is 10.2 Å². The molecule has 0 aromatic rings. The molecule has 0 radical (unpaired) electrons. The first-order valence-corrected chi connectivity index (χ1v) is 10.7. The van der Waals surface area contributed by atoms with E-state index in [2.05, 4.69) is 5.32 Å². The van der Waals surface area contributed by atoms with E-state index in [4.69, 9.17) is 8.85 Å². The predicted octanol–water partition coefficient (Wildman–Crippen LogP) is -0.857. The number of nitrogens with zero attached hydrogens (tertiary/aromatic N) is 1. The summed E-state index contributed by atoms with van der Waals surface area (Å²) in [5.41, 5.74) is -0.856. The summed E-state index contributed by atoms with van der Waals surface area (Å²) in [6, 6.07) is -2.00. The molecule has 1 amide bonds. The fraction of sp³-hybridized carbons (Fsp3) is 0.944. The predicted molar refractivity (Wildman–Crippen MR) is 103 cm³/mol. The van der Waals surface area contributed by atoms with E-state index in [9.17, 15) is 25.2 Å². The van der Waals surface area contributed by atoms with Gasteiger partial charge in [0, 0.05) is 10.7 Å². The van der Waals surface area contributed by atoms with Crippen LogP contribution in [-0.2, 0) is 9.53 Å². The van der Waals surface area contributed by atoms with Gasteiger partial charge >= 0.3 is 0 Å². The molecule has 0 aromatic carbocycles. The molecule has 9 heteroatoms. The lowest BCUT2D eigenvalue weighted by Crippen LogP contribution is -2.65. The maximum absolute atomic E-state index is 13.0. The molecule has 2 aliphatic rings. The summed E-state index contributed by atoms with van der Waals surface area (Å²) < 4.78 is 29.0. The van der Waals surface area contributed by atoms with Gasteiger partial charge < -0.3 is 30.5 Å². The number of amides is 1. The van der Waals surface area contributed by atoms with Crippen LogP contribution in [0.2, 0.25) is 0 Å². The van der Waals surface area contributed by atoms with Crippen molar-refractivity contribution >= 4 is 17.7 Å². The number of hydrogen-bond acceptors (Lipinski definition) is 8. The highest BCUT2D eigenvalue weighted by atomic mass is 32.2. The van der Waals surface area contributed by atoms with E-state index in [0.29, 0.717) is 6.42 Å². The van der Waals surface area contributed by atoms with Crippen molar-refractivity contribution in [2.24, 2.45) is 5.92 Å². The fourth-order valence-corrected chi connectivity index (χ4v) is 4.57. The van der Waals surface area contributed by atoms with Crippen LogP contribution in [0.3, 0.4) is 0 Å². The minimum atomic E-state index is -2.43. The first-order chi connectivity index (χ1) is 13.9. The number of likely N-dealkylation sites (tertiary alicyclic amines) is 1. The zero-order valence-corrected chi connectivity index (χ0v) is 16.8. The number of aliphatic hydroxyl groups excluding tert-OH is 4. The lowest BCUT2D eigenvalue weighted by atomic mass is 9.92. The van der Waals surface area contributed by atoms with E-state index in [-0.39, 0.29) is 12.5 Å². The zero-order valence-electron chi connectivity index (χ0n) is 19.0. The summed E-state index contributed by atoms with van der Waals surface area (Å²) in [6.07, 6.45) is -3.00. The Labute approximate surface area is 169 Å². The van der Waals surface area contributed by atoms with E-state index in [0.717, 1.165) is 24.6 Å². The van der Waals surface area contributed by atoms with Crippen LogP contribution in [0.4, 0.5) is 0 Å². The second-order valence-electron chi connectivity index (χ2n) is 7.51. The third kappa shape index (κ3) is 5.14. The number of rotatable bonds is 7. The molecule has 0 bridgehead atoms. The summed E-state index contributed by atoms with van der Waals surface area (Å²) in [7, 11) is 0. The van der Waals surface area contributed by atoms with Gasteiger partial charge in [-0.3, -0.25) is 9.69 Å². The second kappa shape index (κ2) is 9.87. The molecule has 0 aromatic heterocycles. The number of carbonyl (C=O) groups excluding carboxylic acids is 1. The third-order valence-corrected chi connectivity index (χ3v) is 6.26. The molecular formula is C18H34N2O6S. The van der Waals surface area contributed by atoms with Gasteiger partial charge in [0.1, 0.15) is 29.9 Å². The molecule has 27 heavy (non-hydrogen) atoms. The van der Waals surface area contributed by atoms with Crippen molar-refractivity contribution in [1.29, 1.82) is 0 Å². The smallest absolute Gasteiger partial charge is 0.237 e. The first-order valence-electron chi connectivity index (χ1n) is 10.9. The summed E-state index contributed by atoms with van der Waals surface area (Å²) in [4.78, 5) is 14.2. The highest BCUT2D eigenvalue weighted by Gasteiger charge is 2.48. The van der Waals surface area contributed by atoms with Crippen LogP contribution in [0.5, 0.6) is 0 Å². The monoisotopic (exact) mass is 409 g/mol. The zero-order chi connectivity index (χ0) is 22.8. The van der Waals surface area contributed by atoms with Crippen molar-refractivity contribution in [3.63, 3.8) is 0 Å². The van der Waals surface area contributed by atoms with E-state index >= 15 is 0 Å². The van der Waals surface area contributed by atoms with Gasteiger partial charge in [-0.1, -0.05) is 13.3 Å². The van der Waals surface area contributed by atoms with Gasteiger partial charge in [-0.25, -0.2) is 0 Å². The molecule has 0 saturated carbocycles. The van der Waals surface area contributed by atoms with Crippen molar-refractivity contribution in [2.45, 2.75) is 81.1 Å². The van der Waals surface area contributed by atoms with Crippen LogP contribution < -0.4 is 5.32 Å². The van der Waals surface area contributed by atoms with E-state index in [1.807, 2.05) is 6.92 Å². The van der Waals surface area contributed by atoms with Crippen LogP contribution in [-0.4, -0.2) is 99.0 Å². The van der Waals surface area contributed by atoms with Gasteiger partial charge in [-0.15, -0.1) is 11.8 Å². The molecule has 2 aliphatic heterocycles. The minimum Gasteiger partial charge on any atom is -0.391 e. The Kier molecular flexibility index (Phi) is 6.80. The van der Waals surface area contributed by atoms with Crippen LogP contribution >= 0.6 is 11.8 Å². The van der Waals surface area contributed by atoms with E-state index < -0.39 is 60.9 Å². The van der Waals surface area contributed by atoms with Gasteiger partial charge in [-0.05, 0) is 38.9 Å². The van der Waals surface area contributed by atoms with Crippen LogP contribution in [0.15, 0.2) is 0 Å². The number of carbonyl (C=O) groups is 1. The van der Waals surface area contributed by atoms with Crippen molar-refractivity contribution in [3.8, 4) is 0 Å². The van der Waals surface area contributed by atoms with Crippen molar-refractivity contribution in [3.05, 3.63) is 0 Å². The Hall–Kier alpha value is -0.420. The van der Waals surface area contributed by atoms with Crippen molar-refractivity contribution < 1.29 is 34.1 Å². The van der Waals surface area contributed by atoms with Crippen LogP contribution in [0, 0.1) is 5.92 Å². The SMILES string of the molecule is [2H]C([2H])([2H])N1C[C@H](CCC)C[C@H]1C(=O)N[C@@H]([C@H]1O[C@H](SC)[C@H](O)[C@@H](O)[C@H]1O)[C@H](C)O. The molecule has 5 N–H and O–H groups in total. The highest BCUT2D eigenvalue weighted by Crippen LogP contribution is 2.30. The van der Waals surface area contributed by atoms with E-state index in [1.165, 1.54) is 11.8 Å². The van der Waals surface area contributed by atoms with Crippen LogP contribution in [0.25, 0.3) is 0 Å².